The first-order valence-electron chi connectivity index (χ1n) is 5.66. The second-order valence-electron chi connectivity index (χ2n) is 4.68. The van der Waals surface area contributed by atoms with Crippen LogP contribution >= 0.6 is 11.6 Å². The van der Waals surface area contributed by atoms with E-state index in [2.05, 4.69) is 6.08 Å². The molecule has 0 aromatic heterocycles. The molecule has 0 amide bonds. The second kappa shape index (κ2) is 4.67. The Balaban J connectivity index is 1.96. The maximum absolute atomic E-state index is 6.13. The fraction of sp³-hybridized carbons (Fsp3) is 0.833. The number of rotatable bonds is 3. The van der Waals surface area contributed by atoms with Crippen LogP contribution in [0, 0.1) is 5.41 Å². The lowest BCUT2D eigenvalue weighted by molar-refractivity contribution is 0.0256. The van der Waals surface area contributed by atoms with E-state index in [1.807, 2.05) is 0 Å². The van der Waals surface area contributed by atoms with Crippen LogP contribution < -0.4 is 0 Å². The molecule has 1 aliphatic heterocycles. The first-order chi connectivity index (χ1) is 6.85. The van der Waals surface area contributed by atoms with Crippen LogP contribution in [0.2, 0.25) is 0 Å². The van der Waals surface area contributed by atoms with Crippen molar-refractivity contribution in [3.8, 4) is 0 Å². The summed E-state index contributed by atoms with van der Waals surface area (Å²) < 4.78 is 5.41. The summed E-state index contributed by atoms with van der Waals surface area (Å²) in [4.78, 5) is 0. The minimum Gasteiger partial charge on any atom is -0.381 e. The summed E-state index contributed by atoms with van der Waals surface area (Å²) in [6, 6.07) is 0. The predicted octanol–water partition coefficient (Wildman–Crippen LogP) is 3.52. The maximum atomic E-state index is 6.13. The number of alkyl halides is 1. The van der Waals surface area contributed by atoms with Crippen molar-refractivity contribution >= 4 is 11.6 Å². The third-order valence-electron chi connectivity index (χ3n) is 3.57. The topological polar surface area (TPSA) is 9.23 Å². The van der Waals surface area contributed by atoms with E-state index in [1.165, 1.54) is 25.7 Å². The highest BCUT2D eigenvalue weighted by Gasteiger charge is 2.32. The summed E-state index contributed by atoms with van der Waals surface area (Å²) in [5.41, 5.74) is 2.00. The van der Waals surface area contributed by atoms with Crippen LogP contribution in [-0.4, -0.2) is 19.1 Å². The molecule has 0 spiro atoms. The van der Waals surface area contributed by atoms with Crippen LogP contribution in [0.1, 0.15) is 38.5 Å². The molecule has 2 heteroatoms. The number of halogens is 1. The number of ether oxygens (including phenoxy) is 1. The molecule has 0 atom stereocenters. The van der Waals surface area contributed by atoms with Crippen LogP contribution in [0.5, 0.6) is 0 Å². The van der Waals surface area contributed by atoms with Gasteiger partial charge in [0.15, 0.2) is 0 Å². The monoisotopic (exact) mass is 214 g/mol. The van der Waals surface area contributed by atoms with Gasteiger partial charge in [0, 0.05) is 19.1 Å². The molecule has 0 radical (unpaired) electrons. The summed E-state index contributed by atoms with van der Waals surface area (Å²) in [5.74, 6) is 0.799. The highest BCUT2D eigenvalue weighted by Crippen LogP contribution is 2.40. The molecule has 0 unspecified atom stereocenters. The van der Waals surface area contributed by atoms with Gasteiger partial charge in [0.25, 0.3) is 0 Å². The van der Waals surface area contributed by atoms with Crippen molar-refractivity contribution in [1.82, 2.24) is 0 Å². The van der Waals surface area contributed by atoms with E-state index in [1.54, 1.807) is 5.57 Å². The number of hydrogen-bond donors (Lipinski definition) is 0. The predicted molar refractivity (Wildman–Crippen MR) is 59.8 cm³/mol. The molecule has 0 bridgehead atoms. The van der Waals surface area contributed by atoms with Gasteiger partial charge < -0.3 is 4.74 Å². The molecule has 80 valence electrons. The Kier molecular flexibility index (Phi) is 3.51. The smallest absolute Gasteiger partial charge is 0.0471 e. The van der Waals surface area contributed by atoms with Crippen LogP contribution in [0.3, 0.4) is 0 Å². The Labute approximate surface area is 91.5 Å². The van der Waals surface area contributed by atoms with E-state index >= 15 is 0 Å². The Morgan fingerprint density at radius 1 is 1.36 bits per heavy atom. The van der Waals surface area contributed by atoms with Crippen molar-refractivity contribution in [1.29, 1.82) is 0 Å². The lowest BCUT2D eigenvalue weighted by atomic mass is 9.76. The van der Waals surface area contributed by atoms with Crippen molar-refractivity contribution in [3.63, 3.8) is 0 Å². The Hall–Kier alpha value is -0.0100. The third-order valence-corrected chi connectivity index (χ3v) is 4.14. The standard InChI is InChI=1S/C12H19ClO/c13-10-12(5-7-14-8-6-12)9-11-3-1-2-4-11/h3H,1-2,4-10H2. The van der Waals surface area contributed by atoms with E-state index in [4.69, 9.17) is 16.3 Å². The van der Waals surface area contributed by atoms with Crippen molar-refractivity contribution in [2.75, 3.05) is 19.1 Å². The fourth-order valence-electron chi connectivity index (χ4n) is 2.54. The molecule has 0 aromatic carbocycles. The molecular weight excluding hydrogens is 196 g/mol. The summed E-state index contributed by atoms with van der Waals surface area (Å²) in [5, 5.41) is 0. The van der Waals surface area contributed by atoms with Gasteiger partial charge in [-0.3, -0.25) is 0 Å². The minimum atomic E-state index is 0.357. The molecule has 14 heavy (non-hydrogen) atoms. The van der Waals surface area contributed by atoms with Crippen LogP contribution in [0.4, 0.5) is 0 Å². The molecule has 0 saturated carbocycles. The van der Waals surface area contributed by atoms with E-state index in [0.29, 0.717) is 5.41 Å². The lowest BCUT2D eigenvalue weighted by Crippen LogP contribution is -2.31. The van der Waals surface area contributed by atoms with Crippen molar-refractivity contribution in [2.24, 2.45) is 5.41 Å². The average Bonchev–Trinajstić information content (AvgIpc) is 2.72. The van der Waals surface area contributed by atoms with Gasteiger partial charge in [-0.05, 0) is 43.9 Å². The van der Waals surface area contributed by atoms with Crippen LogP contribution in [0.15, 0.2) is 11.6 Å². The van der Waals surface area contributed by atoms with E-state index in [-0.39, 0.29) is 0 Å². The van der Waals surface area contributed by atoms with Gasteiger partial charge in [0.05, 0.1) is 0 Å². The minimum absolute atomic E-state index is 0.357. The van der Waals surface area contributed by atoms with Crippen LogP contribution in [0.25, 0.3) is 0 Å². The van der Waals surface area contributed by atoms with Crippen molar-refractivity contribution < 1.29 is 4.74 Å². The SMILES string of the molecule is ClCC1(CC2=CCCC2)CCOCC1. The normalized spacial score (nSPS) is 26.2. The molecule has 1 fully saturated rings. The summed E-state index contributed by atoms with van der Waals surface area (Å²) in [6.45, 7) is 1.81. The molecule has 1 aliphatic carbocycles. The number of allylic oxidation sites excluding steroid dienone is 2. The molecule has 1 heterocycles. The summed E-state index contributed by atoms with van der Waals surface area (Å²) in [6.07, 6.45) is 9.87. The van der Waals surface area contributed by atoms with E-state index < -0.39 is 0 Å². The molecule has 2 aliphatic rings. The molecule has 2 rings (SSSR count). The maximum Gasteiger partial charge on any atom is 0.0471 e. The molecule has 0 aromatic rings. The van der Waals surface area contributed by atoms with Gasteiger partial charge in [-0.1, -0.05) is 11.6 Å². The van der Waals surface area contributed by atoms with Gasteiger partial charge in [-0.2, -0.15) is 0 Å². The Bertz CT molecular complexity index is 216. The zero-order valence-corrected chi connectivity index (χ0v) is 9.48. The van der Waals surface area contributed by atoms with Crippen molar-refractivity contribution in [3.05, 3.63) is 11.6 Å². The first kappa shape index (κ1) is 10.5. The van der Waals surface area contributed by atoms with Gasteiger partial charge in [-0.15, -0.1) is 11.6 Å². The highest BCUT2D eigenvalue weighted by molar-refractivity contribution is 6.18. The first-order valence-corrected chi connectivity index (χ1v) is 6.20. The zero-order valence-electron chi connectivity index (χ0n) is 8.73. The largest absolute Gasteiger partial charge is 0.381 e. The summed E-state index contributed by atoms with van der Waals surface area (Å²) >= 11 is 6.13. The lowest BCUT2D eigenvalue weighted by Gasteiger charge is -2.36. The van der Waals surface area contributed by atoms with Gasteiger partial charge in [-0.25, -0.2) is 0 Å². The van der Waals surface area contributed by atoms with Crippen molar-refractivity contribution in [2.45, 2.75) is 38.5 Å². The molecule has 0 N–H and O–H groups in total. The van der Waals surface area contributed by atoms with Gasteiger partial charge in [0.2, 0.25) is 0 Å². The summed E-state index contributed by atoms with van der Waals surface area (Å²) in [7, 11) is 0. The van der Waals surface area contributed by atoms with Gasteiger partial charge in [0.1, 0.15) is 0 Å². The molecular formula is C12H19ClO. The fourth-order valence-corrected chi connectivity index (χ4v) is 2.90. The average molecular weight is 215 g/mol. The Morgan fingerprint density at radius 3 is 2.71 bits per heavy atom. The second-order valence-corrected chi connectivity index (χ2v) is 4.94. The third kappa shape index (κ3) is 2.32. The molecule has 1 nitrogen and oxygen atoms in total. The Morgan fingerprint density at radius 2 is 2.14 bits per heavy atom. The number of hydrogen-bond acceptors (Lipinski definition) is 1. The quantitative estimate of drug-likeness (QED) is 0.516. The highest BCUT2D eigenvalue weighted by atomic mass is 35.5. The molecule has 1 saturated heterocycles. The van der Waals surface area contributed by atoms with Crippen LogP contribution in [-0.2, 0) is 4.74 Å². The zero-order chi connectivity index (χ0) is 9.86. The van der Waals surface area contributed by atoms with E-state index in [0.717, 1.165) is 31.9 Å². The van der Waals surface area contributed by atoms with Gasteiger partial charge >= 0.3 is 0 Å². The van der Waals surface area contributed by atoms with E-state index in [9.17, 15) is 0 Å².